The Kier molecular flexibility index (Phi) is 6.88. The number of aromatic nitrogens is 3. The van der Waals surface area contributed by atoms with Gasteiger partial charge in [-0.05, 0) is 24.6 Å². The molecule has 1 atom stereocenters. The van der Waals surface area contributed by atoms with Gasteiger partial charge in [0.25, 0.3) is 0 Å². The molecule has 1 aliphatic heterocycles. The van der Waals surface area contributed by atoms with Gasteiger partial charge < -0.3 is 9.80 Å². The molecular weight excluding hydrogens is 474 g/mol. The van der Waals surface area contributed by atoms with Gasteiger partial charge in [0.15, 0.2) is 0 Å². The molecule has 1 saturated heterocycles. The van der Waals surface area contributed by atoms with Gasteiger partial charge in [0.2, 0.25) is 5.91 Å². The van der Waals surface area contributed by atoms with Crippen LogP contribution in [-0.4, -0.2) is 64.3 Å². The van der Waals surface area contributed by atoms with Crippen molar-refractivity contribution in [3.8, 4) is 11.3 Å². The van der Waals surface area contributed by atoms with Crippen LogP contribution in [0.3, 0.4) is 0 Å². The van der Waals surface area contributed by atoms with Crippen molar-refractivity contribution in [1.29, 1.82) is 0 Å². The first-order chi connectivity index (χ1) is 16.1. The third-order valence-electron chi connectivity index (χ3n) is 5.75. The third kappa shape index (κ3) is 5.38. The molecule has 180 valence electrons. The number of halogens is 5. The van der Waals surface area contributed by atoms with E-state index < -0.39 is 24.7 Å². The minimum Gasteiger partial charge on any atom is -0.352 e. The largest absolute Gasteiger partial charge is 0.397 e. The number of nitrogens with zero attached hydrogens (tertiary/aromatic N) is 5. The Morgan fingerprint density at radius 2 is 1.91 bits per heavy atom. The zero-order valence-electron chi connectivity index (χ0n) is 18.3. The number of carbonyl (C=O) groups excluding carboxylic acids is 1. The van der Waals surface area contributed by atoms with Gasteiger partial charge in [-0.25, -0.2) is 9.37 Å². The Bertz CT molecular complexity index is 1140. The summed E-state index contributed by atoms with van der Waals surface area (Å²) < 4.78 is 51.5. The lowest BCUT2D eigenvalue weighted by Crippen LogP contribution is -2.49. The monoisotopic (exact) mass is 495 g/mol. The summed E-state index contributed by atoms with van der Waals surface area (Å²) in [4.78, 5) is 28.4. The molecule has 0 aromatic carbocycles. The minimum absolute atomic E-state index is 0.147. The molecule has 1 amide bonds. The van der Waals surface area contributed by atoms with Crippen LogP contribution in [0.2, 0.25) is 5.02 Å². The van der Waals surface area contributed by atoms with Gasteiger partial charge in [-0.1, -0.05) is 17.7 Å². The van der Waals surface area contributed by atoms with Crippen LogP contribution in [0, 0.1) is 0 Å². The highest BCUT2D eigenvalue weighted by Gasteiger charge is 2.34. The topological polar surface area (TPSA) is 62.2 Å². The summed E-state index contributed by atoms with van der Waals surface area (Å²) >= 11 is 6.40. The van der Waals surface area contributed by atoms with Gasteiger partial charge in [-0.3, -0.25) is 14.8 Å². The van der Waals surface area contributed by atoms with Crippen LogP contribution < -0.4 is 4.90 Å². The fourth-order valence-corrected chi connectivity index (χ4v) is 4.27. The maximum absolute atomic E-state index is 13.8. The molecular formula is C23H22ClF4N5O. The summed E-state index contributed by atoms with van der Waals surface area (Å²) in [5, 5.41) is 0.374. The number of piperazine rings is 1. The smallest absolute Gasteiger partial charge is 0.352 e. The Morgan fingerprint density at radius 3 is 2.56 bits per heavy atom. The van der Waals surface area contributed by atoms with Crippen LogP contribution in [0.25, 0.3) is 16.8 Å². The highest BCUT2D eigenvalue weighted by atomic mass is 35.5. The second-order valence-electron chi connectivity index (χ2n) is 8.16. The molecule has 1 aliphatic carbocycles. The molecule has 2 aromatic heterocycles. The molecule has 0 saturated carbocycles. The summed E-state index contributed by atoms with van der Waals surface area (Å²) in [7, 11) is 0. The molecule has 0 radical (unpaired) electrons. The molecule has 0 bridgehead atoms. The number of anilines is 1. The Balaban J connectivity index is 1.62. The molecule has 6 nitrogen and oxygen atoms in total. The van der Waals surface area contributed by atoms with E-state index >= 15 is 0 Å². The highest BCUT2D eigenvalue weighted by molar-refractivity contribution is 6.33. The fourth-order valence-electron chi connectivity index (χ4n) is 4.06. The van der Waals surface area contributed by atoms with E-state index in [0.717, 1.165) is 11.1 Å². The molecule has 2 aromatic rings. The lowest BCUT2D eigenvalue weighted by molar-refractivity contribution is -0.161. The van der Waals surface area contributed by atoms with Crippen molar-refractivity contribution in [3.63, 3.8) is 0 Å². The van der Waals surface area contributed by atoms with Crippen LogP contribution in [0.5, 0.6) is 0 Å². The first-order valence-corrected chi connectivity index (χ1v) is 11.1. The SMILES string of the molecule is CC1=CC(F)CC=C1c1ncc(N2CCN(C(=O)CC(F)(F)F)CC2)nc1-c1ccncc1Cl. The van der Waals surface area contributed by atoms with Crippen LogP contribution in [0.15, 0.2) is 42.4 Å². The zero-order chi connectivity index (χ0) is 24.5. The molecule has 34 heavy (non-hydrogen) atoms. The fraction of sp³-hybridized carbons (Fsp3) is 0.391. The first-order valence-electron chi connectivity index (χ1n) is 10.7. The van der Waals surface area contributed by atoms with E-state index in [2.05, 4.69) is 9.97 Å². The average molecular weight is 496 g/mol. The lowest BCUT2D eigenvalue weighted by Gasteiger charge is -2.35. The molecule has 0 spiro atoms. The second kappa shape index (κ2) is 9.69. The van der Waals surface area contributed by atoms with E-state index in [-0.39, 0.29) is 19.5 Å². The lowest BCUT2D eigenvalue weighted by atomic mass is 9.93. The van der Waals surface area contributed by atoms with Gasteiger partial charge in [0.1, 0.15) is 24.1 Å². The molecule has 3 heterocycles. The van der Waals surface area contributed by atoms with E-state index in [1.165, 1.54) is 11.1 Å². The summed E-state index contributed by atoms with van der Waals surface area (Å²) in [5.41, 5.74) is 3.16. The Labute approximate surface area is 199 Å². The van der Waals surface area contributed by atoms with Crippen LogP contribution in [0.4, 0.5) is 23.4 Å². The second-order valence-corrected chi connectivity index (χ2v) is 8.57. The number of allylic oxidation sites excluding steroid dienone is 4. The first kappa shape index (κ1) is 24.1. The number of hydrogen-bond donors (Lipinski definition) is 0. The predicted octanol–water partition coefficient (Wildman–Crippen LogP) is 4.86. The van der Waals surface area contributed by atoms with Crippen molar-refractivity contribution < 1.29 is 22.4 Å². The number of rotatable bonds is 4. The van der Waals surface area contributed by atoms with Crippen molar-refractivity contribution in [2.24, 2.45) is 0 Å². The van der Waals surface area contributed by atoms with Gasteiger partial charge in [-0.2, -0.15) is 13.2 Å². The summed E-state index contributed by atoms with van der Waals surface area (Å²) in [6.45, 7) is 2.73. The van der Waals surface area contributed by atoms with Gasteiger partial charge in [0.05, 0.1) is 16.9 Å². The van der Waals surface area contributed by atoms with Crippen molar-refractivity contribution in [2.75, 3.05) is 31.1 Å². The molecule has 1 fully saturated rings. The number of hydrogen-bond acceptors (Lipinski definition) is 5. The maximum Gasteiger partial charge on any atom is 0.397 e. The maximum atomic E-state index is 13.8. The summed E-state index contributed by atoms with van der Waals surface area (Å²) in [6, 6.07) is 1.72. The predicted molar refractivity (Wildman–Crippen MR) is 121 cm³/mol. The molecule has 0 N–H and O–H groups in total. The average Bonchev–Trinajstić information content (AvgIpc) is 2.78. The van der Waals surface area contributed by atoms with Crippen LogP contribution >= 0.6 is 11.6 Å². The van der Waals surface area contributed by atoms with Crippen LogP contribution in [0.1, 0.15) is 25.5 Å². The highest BCUT2D eigenvalue weighted by Crippen LogP contribution is 2.36. The van der Waals surface area contributed by atoms with E-state index in [9.17, 15) is 22.4 Å². The number of amides is 1. The number of pyridine rings is 1. The van der Waals surface area contributed by atoms with E-state index in [0.29, 0.717) is 40.9 Å². The van der Waals surface area contributed by atoms with Gasteiger partial charge >= 0.3 is 6.18 Å². The Morgan fingerprint density at radius 1 is 1.18 bits per heavy atom. The summed E-state index contributed by atoms with van der Waals surface area (Å²) in [5.74, 6) is -0.425. The Hall–Kier alpha value is -3.01. The van der Waals surface area contributed by atoms with Gasteiger partial charge in [0, 0.05) is 56.1 Å². The van der Waals surface area contributed by atoms with Crippen molar-refractivity contribution in [1.82, 2.24) is 19.9 Å². The molecule has 11 heteroatoms. The number of alkyl halides is 4. The van der Waals surface area contributed by atoms with Crippen molar-refractivity contribution in [3.05, 3.63) is 53.1 Å². The standard InChI is InChI=1S/C23H22ClF4N5O/c1-14-10-15(25)2-3-16(14)21-22(17-4-5-29-12-18(17)24)31-19(13-30-21)32-6-8-33(9-7-32)20(34)11-23(26,27)28/h3-5,10,12-13,15H,2,6-9,11H2,1H3. The van der Waals surface area contributed by atoms with Crippen LogP contribution in [-0.2, 0) is 4.79 Å². The molecule has 4 rings (SSSR count). The third-order valence-corrected chi connectivity index (χ3v) is 6.05. The van der Waals surface area contributed by atoms with E-state index in [4.69, 9.17) is 16.6 Å². The van der Waals surface area contributed by atoms with Crippen molar-refractivity contribution in [2.45, 2.75) is 32.1 Å². The zero-order valence-corrected chi connectivity index (χ0v) is 19.1. The molecule has 2 aliphatic rings. The van der Waals surface area contributed by atoms with Gasteiger partial charge in [-0.15, -0.1) is 0 Å². The van der Waals surface area contributed by atoms with E-state index in [1.807, 2.05) is 11.8 Å². The van der Waals surface area contributed by atoms with Crippen molar-refractivity contribution >= 4 is 28.9 Å². The summed E-state index contributed by atoms with van der Waals surface area (Å²) in [6.07, 6.45) is 1.16. The van der Waals surface area contributed by atoms with E-state index in [1.54, 1.807) is 30.6 Å². The molecule has 1 unspecified atom stereocenters. The normalized spacial score (nSPS) is 19.1. The number of carbonyl (C=O) groups is 1. The minimum atomic E-state index is -4.53. The quantitative estimate of drug-likeness (QED) is 0.567.